The molecular weight excluding hydrogens is 340 g/mol. The number of hydrogen-bond acceptors (Lipinski definition) is 2. The van der Waals surface area contributed by atoms with Crippen LogP contribution in [0.5, 0.6) is 0 Å². The van der Waals surface area contributed by atoms with Crippen molar-refractivity contribution in [1.29, 1.82) is 0 Å². The summed E-state index contributed by atoms with van der Waals surface area (Å²) < 4.78 is 1.05. The summed E-state index contributed by atoms with van der Waals surface area (Å²) in [5, 5.41) is 3.26. The second-order valence-corrected chi connectivity index (χ2v) is 6.67. The van der Waals surface area contributed by atoms with E-state index in [1.807, 2.05) is 48.2 Å². The molecule has 0 radical (unpaired) electrons. The first-order valence-electron chi connectivity index (χ1n) is 7.46. The Morgan fingerprint density at radius 2 is 2.09 bits per heavy atom. The fraction of sp³-hybridized carbons (Fsp3) is 0.278. The average Bonchev–Trinajstić information content (AvgIpc) is 2.82. The van der Waals surface area contributed by atoms with Crippen LogP contribution in [0, 0.1) is 6.92 Å². The predicted molar refractivity (Wildman–Crippen MR) is 94.5 cm³/mol. The van der Waals surface area contributed by atoms with E-state index in [0.29, 0.717) is 6.54 Å². The van der Waals surface area contributed by atoms with Gasteiger partial charge in [0.1, 0.15) is 0 Å². The van der Waals surface area contributed by atoms with E-state index in [2.05, 4.69) is 34.2 Å². The molecule has 1 atom stereocenters. The van der Waals surface area contributed by atoms with E-state index >= 15 is 0 Å². The van der Waals surface area contributed by atoms with Gasteiger partial charge in [-0.3, -0.25) is 4.79 Å². The molecule has 3 nitrogen and oxygen atoms in total. The maximum Gasteiger partial charge on any atom is 0.246 e. The quantitative estimate of drug-likeness (QED) is 0.893. The number of halogens is 1. The SMILES string of the molecule is Cc1cc(Br)ccc1NCC(=O)N1c2ccccc2CC1C. The van der Waals surface area contributed by atoms with Gasteiger partial charge in [0.25, 0.3) is 0 Å². The molecule has 0 fully saturated rings. The molecule has 1 N–H and O–H groups in total. The zero-order valence-corrected chi connectivity index (χ0v) is 14.4. The van der Waals surface area contributed by atoms with Crippen molar-refractivity contribution in [2.45, 2.75) is 26.3 Å². The van der Waals surface area contributed by atoms with Crippen molar-refractivity contribution in [1.82, 2.24) is 0 Å². The van der Waals surface area contributed by atoms with Crippen molar-refractivity contribution in [2.75, 3.05) is 16.8 Å². The highest BCUT2D eigenvalue weighted by Crippen LogP contribution is 2.31. The molecule has 1 unspecified atom stereocenters. The summed E-state index contributed by atoms with van der Waals surface area (Å²) in [5.74, 6) is 0.111. The van der Waals surface area contributed by atoms with Crippen LogP contribution < -0.4 is 10.2 Å². The van der Waals surface area contributed by atoms with Crippen LogP contribution in [0.15, 0.2) is 46.9 Å². The van der Waals surface area contributed by atoms with E-state index in [0.717, 1.165) is 27.8 Å². The molecule has 0 saturated heterocycles. The summed E-state index contributed by atoms with van der Waals surface area (Å²) in [6, 6.07) is 14.4. The number of aryl methyl sites for hydroxylation is 1. The largest absolute Gasteiger partial charge is 0.376 e. The minimum atomic E-state index is 0.111. The standard InChI is InChI=1S/C18H19BrN2O/c1-12-9-15(19)7-8-16(12)20-11-18(22)21-13(2)10-14-5-3-4-6-17(14)21/h3-9,13,20H,10-11H2,1-2H3. The highest BCUT2D eigenvalue weighted by Gasteiger charge is 2.30. The molecule has 1 aliphatic rings. The highest BCUT2D eigenvalue weighted by atomic mass is 79.9. The van der Waals surface area contributed by atoms with Gasteiger partial charge in [-0.05, 0) is 55.7 Å². The molecule has 0 aliphatic carbocycles. The van der Waals surface area contributed by atoms with E-state index in [-0.39, 0.29) is 11.9 Å². The topological polar surface area (TPSA) is 32.3 Å². The van der Waals surface area contributed by atoms with Gasteiger partial charge < -0.3 is 10.2 Å². The fourth-order valence-corrected chi connectivity index (χ4v) is 3.50. The lowest BCUT2D eigenvalue weighted by molar-refractivity contribution is -0.117. The Labute approximate surface area is 139 Å². The van der Waals surface area contributed by atoms with E-state index in [9.17, 15) is 4.79 Å². The molecule has 0 spiro atoms. The lowest BCUT2D eigenvalue weighted by Crippen LogP contribution is -2.39. The first-order valence-corrected chi connectivity index (χ1v) is 8.25. The zero-order chi connectivity index (χ0) is 15.7. The summed E-state index contributed by atoms with van der Waals surface area (Å²) in [7, 11) is 0. The lowest BCUT2D eigenvalue weighted by atomic mass is 10.1. The van der Waals surface area contributed by atoms with E-state index in [4.69, 9.17) is 0 Å². The van der Waals surface area contributed by atoms with Crippen molar-refractivity contribution in [3.8, 4) is 0 Å². The molecule has 4 heteroatoms. The number of benzene rings is 2. The van der Waals surface area contributed by atoms with Gasteiger partial charge in [-0.15, -0.1) is 0 Å². The number of carbonyl (C=O) groups excluding carboxylic acids is 1. The zero-order valence-electron chi connectivity index (χ0n) is 12.8. The molecule has 1 heterocycles. The average molecular weight is 359 g/mol. The maximum atomic E-state index is 12.6. The highest BCUT2D eigenvalue weighted by molar-refractivity contribution is 9.10. The summed E-state index contributed by atoms with van der Waals surface area (Å²) in [4.78, 5) is 14.5. The fourth-order valence-electron chi connectivity index (χ4n) is 3.03. The van der Waals surface area contributed by atoms with Gasteiger partial charge in [-0.2, -0.15) is 0 Å². The molecule has 22 heavy (non-hydrogen) atoms. The third-order valence-corrected chi connectivity index (χ3v) is 4.59. The third kappa shape index (κ3) is 2.88. The Kier molecular flexibility index (Phi) is 4.21. The van der Waals surface area contributed by atoms with Crippen molar-refractivity contribution in [3.63, 3.8) is 0 Å². The number of anilines is 2. The van der Waals surface area contributed by atoms with E-state index in [1.54, 1.807) is 0 Å². The van der Waals surface area contributed by atoms with Crippen LogP contribution in [0.25, 0.3) is 0 Å². The predicted octanol–water partition coefficient (Wildman–Crippen LogP) is 4.15. The smallest absolute Gasteiger partial charge is 0.246 e. The van der Waals surface area contributed by atoms with Gasteiger partial charge in [0.2, 0.25) is 5.91 Å². The second-order valence-electron chi connectivity index (χ2n) is 5.76. The van der Waals surface area contributed by atoms with Crippen LogP contribution in [-0.4, -0.2) is 18.5 Å². The monoisotopic (exact) mass is 358 g/mol. The van der Waals surface area contributed by atoms with Crippen LogP contribution in [0.2, 0.25) is 0 Å². The number of carbonyl (C=O) groups is 1. The molecule has 1 aliphatic heterocycles. The molecule has 2 aromatic carbocycles. The summed E-state index contributed by atoms with van der Waals surface area (Å²) in [5.41, 5.74) is 4.42. The molecule has 0 bridgehead atoms. The molecule has 114 valence electrons. The second kappa shape index (κ2) is 6.13. The summed E-state index contributed by atoms with van der Waals surface area (Å²) in [6.45, 7) is 4.44. The van der Waals surface area contributed by atoms with E-state index in [1.165, 1.54) is 5.56 Å². The lowest BCUT2D eigenvalue weighted by Gasteiger charge is -2.23. The van der Waals surface area contributed by atoms with Crippen LogP contribution >= 0.6 is 15.9 Å². The number of fused-ring (bicyclic) bond motifs is 1. The molecule has 0 saturated carbocycles. The Morgan fingerprint density at radius 1 is 1.32 bits per heavy atom. The van der Waals surface area contributed by atoms with Gasteiger partial charge in [0.15, 0.2) is 0 Å². The van der Waals surface area contributed by atoms with Gasteiger partial charge in [-0.25, -0.2) is 0 Å². The Morgan fingerprint density at radius 3 is 2.86 bits per heavy atom. The van der Waals surface area contributed by atoms with Crippen molar-refractivity contribution in [2.24, 2.45) is 0 Å². The minimum absolute atomic E-state index is 0.111. The number of para-hydroxylation sites is 1. The van der Waals surface area contributed by atoms with Gasteiger partial charge >= 0.3 is 0 Å². The van der Waals surface area contributed by atoms with Crippen LogP contribution in [-0.2, 0) is 11.2 Å². The minimum Gasteiger partial charge on any atom is -0.376 e. The number of nitrogens with one attached hydrogen (secondary N) is 1. The van der Waals surface area contributed by atoms with Gasteiger partial charge in [0.05, 0.1) is 6.54 Å². The first-order chi connectivity index (χ1) is 10.6. The number of rotatable bonds is 3. The van der Waals surface area contributed by atoms with Crippen LogP contribution in [0.4, 0.5) is 11.4 Å². The number of nitrogens with zero attached hydrogens (tertiary/aromatic N) is 1. The Hall–Kier alpha value is -1.81. The summed E-state index contributed by atoms with van der Waals surface area (Å²) >= 11 is 3.45. The van der Waals surface area contributed by atoms with Gasteiger partial charge in [0, 0.05) is 21.9 Å². The Bertz CT molecular complexity index is 714. The first kappa shape index (κ1) is 15.1. The van der Waals surface area contributed by atoms with Crippen molar-refractivity contribution >= 4 is 33.2 Å². The maximum absolute atomic E-state index is 12.6. The number of hydrogen-bond donors (Lipinski definition) is 1. The van der Waals surface area contributed by atoms with E-state index < -0.39 is 0 Å². The molecule has 2 aromatic rings. The van der Waals surface area contributed by atoms with Crippen molar-refractivity contribution in [3.05, 3.63) is 58.1 Å². The normalized spacial score (nSPS) is 16.5. The van der Waals surface area contributed by atoms with Crippen LogP contribution in [0.3, 0.4) is 0 Å². The molecular formula is C18H19BrN2O. The molecule has 3 rings (SSSR count). The third-order valence-electron chi connectivity index (χ3n) is 4.09. The Balaban J connectivity index is 1.72. The van der Waals surface area contributed by atoms with Crippen LogP contribution in [0.1, 0.15) is 18.1 Å². The van der Waals surface area contributed by atoms with Crippen molar-refractivity contribution < 1.29 is 4.79 Å². The molecule has 0 aromatic heterocycles. The number of amides is 1. The van der Waals surface area contributed by atoms with Gasteiger partial charge in [-0.1, -0.05) is 34.1 Å². The summed E-state index contributed by atoms with van der Waals surface area (Å²) in [6.07, 6.45) is 0.930. The molecule has 1 amide bonds.